The summed E-state index contributed by atoms with van der Waals surface area (Å²) in [6.45, 7) is 2.46. The fourth-order valence-electron chi connectivity index (χ4n) is 4.93. The van der Waals surface area contributed by atoms with Crippen molar-refractivity contribution in [2.45, 2.75) is 57.9 Å². The second-order valence-corrected chi connectivity index (χ2v) is 8.35. The molecule has 2 aromatic heterocycles. The van der Waals surface area contributed by atoms with Crippen molar-refractivity contribution in [2.24, 2.45) is 5.92 Å². The number of aryl methyl sites for hydroxylation is 4. The summed E-state index contributed by atoms with van der Waals surface area (Å²) < 4.78 is 1.68. The molecule has 0 radical (unpaired) electrons. The number of hydrogen-bond acceptors (Lipinski definition) is 5. The first-order chi connectivity index (χ1) is 13.7. The molecule has 0 unspecified atom stereocenters. The van der Waals surface area contributed by atoms with Crippen LogP contribution < -0.4 is 10.5 Å². The molecule has 0 spiro atoms. The van der Waals surface area contributed by atoms with E-state index in [4.69, 9.17) is 4.98 Å². The molecule has 0 amide bonds. The summed E-state index contributed by atoms with van der Waals surface area (Å²) in [5.41, 5.74) is 5.41. The summed E-state index contributed by atoms with van der Waals surface area (Å²) in [6.07, 6.45) is 8.30. The van der Waals surface area contributed by atoms with Crippen LogP contribution in [-0.2, 0) is 32.2 Å². The number of aromatic nitrogens is 3. The molecular weight excluding hydrogens is 350 g/mol. The highest BCUT2D eigenvalue weighted by molar-refractivity contribution is 5.57. The molecule has 1 aliphatic heterocycles. The maximum Gasteiger partial charge on any atom is 0.267 e. The normalized spacial score (nSPS) is 18.8. The van der Waals surface area contributed by atoms with E-state index in [0.29, 0.717) is 18.0 Å². The zero-order chi connectivity index (χ0) is 19.1. The van der Waals surface area contributed by atoms with Gasteiger partial charge in [-0.2, -0.15) is 10.4 Å². The summed E-state index contributed by atoms with van der Waals surface area (Å²) in [7, 11) is 0. The fraction of sp³-hybridized carbons (Fsp3) is 0.545. The molecular formula is C22H25N5O. The van der Waals surface area contributed by atoms with E-state index >= 15 is 0 Å². The molecule has 1 fully saturated rings. The van der Waals surface area contributed by atoms with Crippen LogP contribution in [0.2, 0.25) is 0 Å². The van der Waals surface area contributed by atoms with Crippen LogP contribution in [-0.4, -0.2) is 27.9 Å². The topological polar surface area (TPSA) is 74.8 Å². The number of rotatable bonds is 3. The van der Waals surface area contributed by atoms with Gasteiger partial charge >= 0.3 is 0 Å². The second kappa shape index (κ2) is 7.05. The number of anilines is 1. The van der Waals surface area contributed by atoms with E-state index in [1.165, 1.54) is 11.3 Å². The van der Waals surface area contributed by atoms with Crippen LogP contribution in [0.3, 0.4) is 0 Å². The highest BCUT2D eigenvalue weighted by atomic mass is 16.1. The predicted octanol–water partition coefficient (Wildman–Crippen LogP) is 2.40. The highest BCUT2D eigenvalue weighted by Gasteiger charge is 2.25. The number of nitrogens with zero attached hydrogens (tertiary/aromatic N) is 5. The summed E-state index contributed by atoms with van der Waals surface area (Å²) in [4.78, 5) is 19.5. The molecule has 6 nitrogen and oxygen atoms in total. The standard InChI is InChI=1S/C22H25N5O/c23-13-18-11-16-3-1-5-19(16)24-22(18)26-9-7-15(8-10-26)14-27-21(28)12-17-4-2-6-20(17)25-27/h11-12,15H,1-10,14H2. The quantitative estimate of drug-likeness (QED) is 0.823. The van der Waals surface area contributed by atoms with E-state index in [-0.39, 0.29) is 5.56 Å². The van der Waals surface area contributed by atoms with Crippen molar-refractivity contribution in [3.63, 3.8) is 0 Å². The lowest BCUT2D eigenvalue weighted by atomic mass is 9.96. The number of hydrogen-bond donors (Lipinski definition) is 0. The van der Waals surface area contributed by atoms with Crippen LogP contribution in [0.4, 0.5) is 5.82 Å². The van der Waals surface area contributed by atoms with Gasteiger partial charge in [0, 0.05) is 31.4 Å². The van der Waals surface area contributed by atoms with E-state index in [2.05, 4.69) is 16.1 Å². The van der Waals surface area contributed by atoms with Crippen LogP contribution in [0.15, 0.2) is 16.9 Å². The van der Waals surface area contributed by atoms with Gasteiger partial charge in [0.1, 0.15) is 11.9 Å². The maximum absolute atomic E-state index is 12.4. The third-order valence-corrected chi connectivity index (χ3v) is 6.52. The van der Waals surface area contributed by atoms with Crippen LogP contribution >= 0.6 is 0 Å². The highest BCUT2D eigenvalue weighted by Crippen LogP contribution is 2.30. The number of fused-ring (bicyclic) bond motifs is 2. The molecule has 3 aliphatic rings. The van der Waals surface area contributed by atoms with Crippen molar-refractivity contribution in [1.29, 1.82) is 5.26 Å². The Bertz CT molecular complexity index is 1010. The number of piperidine rings is 1. The summed E-state index contributed by atoms with van der Waals surface area (Å²) in [6, 6.07) is 6.18. The molecule has 144 valence electrons. The number of pyridine rings is 1. The van der Waals surface area contributed by atoms with Crippen LogP contribution in [0.5, 0.6) is 0 Å². The minimum atomic E-state index is 0.0372. The van der Waals surface area contributed by atoms with Gasteiger partial charge < -0.3 is 4.90 Å². The zero-order valence-electron chi connectivity index (χ0n) is 16.2. The zero-order valence-corrected chi connectivity index (χ0v) is 16.2. The third-order valence-electron chi connectivity index (χ3n) is 6.52. The Hall–Kier alpha value is -2.68. The Morgan fingerprint density at radius 2 is 1.75 bits per heavy atom. The summed E-state index contributed by atoms with van der Waals surface area (Å²) in [5, 5.41) is 14.2. The van der Waals surface area contributed by atoms with Gasteiger partial charge in [-0.15, -0.1) is 0 Å². The Morgan fingerprint density at radius 3 is 2.50 bits per heavy atom. The van der Waals surface area contributed by atoms with Gasteiger partial charge in [-0.25, -0.2) is 9.67 Å². The van der Waals surface area contributed by atoms with E-state index in [9.17, 15) is 10.1 Å². The molecule has 6 heteroatoms. The predicted molar refractivity (Wildman–Crippen MR) is 106 cm³/mol. The third kappa shape index (κ3) is 3.09. The Morgan fingerprint density at radius 1 is 1.04 bits per heavy atom. The lowest BCUT2D eigenvalue weighted by molar-refractivity contribution is 0.333. The molecule has 1 saturated heterocycles. The van der Waals surface area contributed by atoms with Crippen molar-refractivity contribution >= 4 is 5.82 Å². The van der Waals surface area contributed by atoms with Gasteiger partial charge in [0.15, 0.2) is 0 Å². The SMILES string of the molecule is N#Cc1cc2c(nc1N1CCC(Cn3nc4c(cc3=O)CCC4)CC1)CCC2. The van der Waals surface area contributed by atoms with Gasteiger partial charge in [-0.05, 0) is 74.5 Å². The first-order valence-corrected chi connectivity index (χ1v) is 10.5. The molecule has 0 N–H and O–H groups in total. The van der Waals surface area contributed by atoms with Gasteiger partial charge in [0.2, 0.25) is 0 Å². The molecule has 3 heterocycles. The first kappa shape index (κ1) is 17.4. The number of nitriles is 1. The average molecular weight is 375 g/mol. The largest absolute Gasteiger partial charge is 0.355 e. The minimum Gasteiger partial charge on any atom is -0.355 e. The molecule has 0 saturated carbocycles. The van der Waals surface area contributed by atoms with Crippen molar-refractivity contribution < 1.29 is 0 Å². The Kier molecular flexibility index (Phi) is 4.38. The lowest BCUT2D eigenvalue weighted by Gasteiger charge is -2.33. The average Bonchev–Trinajstić information content (AvgIpc) is 3.36. The molecule has 0 bridgehead atoms. The van der Waals surface area contributed by atoms with Crippen molar-refractivity contribution in [2.75, 3.05) is 18.0 Å². The van der Waals surface area contributed by atoms with Crippen molar-refractivity contribution in [3.05, 3.63) is 50.6 Å². The van der Waals surface area contributed by atoms with E-state index in [1.54, 1.807) is 10.7 Å². The van der Waals surface area contributed by atoms with Gasteiger partial charge in [-0.1, -0.05) is 0 Å². The van der Waals surface area contributed by atoms with E-state index in [1.807, 2.05) is 6.07 Å². The van der Waals surface area contributed by atoms with E-state index in [0.717, 1.165) is 81.5 Å². The fourth-order valence-corrected chi connectivity index (χ4v) is 4.93. The summed E-state index contributed by atoms with van der Waals surface area (Å²) >= 11 is 0. The molecule has 2 aliphatic carbocycles. The van der Waals surface area contributed by atoms with Gasteiger partial charge in [-0.3, -0.25) is 4.79 Å². The monoisotopic (exact) mass is 375 g/mol. The smallest absolute Gasteiger partial charge is 0.267 e. The lowest BCUT2D eigenvalue weighted by Crippen LogP contribution is -2.38. The van der Waals surface area contributed by atoms with Gasteiger partial charge in [0.05, 0.1) is 11.3 Å². The Labute approximate surface area is 164 Å². The van der Waals surface area contributed by atoms with Crippen LogP contribution in [0, 0.1) is 17.2 Å². The minimum absolute atomic E-state index is 0.0372. The van der Waals surface area contributed by atoms with Crippen molar-refractivity contribution in [1.82, 2.24) is 14.8 Å². The molecule has 28 heavy (non-hydrogen) atoms. The van der Waals surface area contributed by atoms with Crippen LogP contribution in [0.1, 0.15) is 53.8 Å². The molecule has 0 atom stereocenters. The second-order valence-electron chi connectivity index (χ2n) is 8.35. The summed E-state index contributed by atoms with van der Waals surface area (Å²) in [5.74, 6) is 1.30. The molecule has 2 aromatic rings. The first-order valence-electron chi connectivity index (χ1n) is 10.5. The maximum atomic E-state index is 12.4. The van der Waals surface area contributed by atoms with E-state index < -0.39 is 0 Å². The van der Waals surface area contributed by atoms with Gasteiger partial charge in [0.25, 0.3) is 5.56 Å². The molecule has 5 rings (SSSR count). The van der Waals surface area contributed by atoms with Crippen molar-refractivity contribution in [3.8, 4) is 6.07 Å². The molecule has 0 aromatic carbocycles. The Balaban J connectivity index is 1.29. The van der Waals surface area contributed by atoms with Crippen LogP contribution in [0.25, 0.3) is 0 Å².